The first kappa shape index (κ1) is 17.7. The van der Waals surface area contributed by atoms with Gasteiger partial charge in [-0.05, 0) is 29.3 Å². The Kier molecular flexibility index (Phi) is 5.37. The lowest BCUT2D eigenvalue weighted by Gasteiger charge is -2.38. The van der Waals surface area contributed by atoms with Gasteiger partial charge in [0.05, 0.1) is 20.3 Å². The van der Waals surface area contributed by atoms with E-state index >= 15 is 0 Å². The minimum atomic E-state index is -0.627. The van der Waals surface area contributed by atoms with Gasteiger partial charge in [0.1, 0.15) is 5.75 Å². The van der Waals surface area contributed by atoms with Crippen LogP contribution in [0.3, 0.4) is 0 Å². The van der Waals surface area contributed by atoms with Crippen LogP contribution in [0.2, 0.25) is 0 Å². The Morgan fingerprint density at radius 3 is 2.38 bits per heavy atom. The van der Waals surface area contributed by atoms with Crippen LogP contribution in [0.5, 0.6) is 5.75 Å². The van der Waals surface area contributed by atoms with Crippen molar-refractivity contribution in [2.24, 2.45) is 0 Å². The molecule has 5 nitrogen and oxygen atoms in total. The first-order valence-corrected chi connectivity index (χ1v) is 8.39. The van der Waals surface area contributed by atoms with Gasteiger partial charge < -0.3 is 14.4 Å². The quantitative estimate of drug-likeness (QED) is 0.773. The van der Waals surface area contributed by atoms with Crippen molar-refractivity contribution in [1.29, 1.82) is 0 Å². The van der Waals surface area contributed by atoms with Crippen LogP contribution in [0.25, 0.3) is 0 Å². The zero-order valence-corrected chi connectivity index (χ0v) is 14.8. The maximum Gasteiger partial charge on any atom is 0.333 e. The number of nitrogens with zero attached hydrogens (tertiary/aromatic N) is 1. The van der Waals surface area contributed by atoms with Crippen molar-refractivity contribution in [3.05, 3.63) is 78.0 Å². The Morgan fingerprint density at radius 1 is 1.08 bits per heavy atom. The molecule has 2 aromatic carbocycles. The van der Waals surface area contributed by atoms with Crippen LogP contribution < -0.4 is 4.74 Å². The lowest BCUT2D eigenvalue weighted by Crippen LogP contribution is -2.37. The van der Waals surface area contributed by atoms with Gasteiger partial charge in [-0.15, -0.1) is 0 Å². The minimum absolute atomic E-state index is 0.0266. The van der Waals surface area contributed by atoms with Crippen LogP contribution in [0.15, 0.2) is 66.9 Å². The first-order valence-electron chi connectivity index (χ1n) is 8.39. The van der Waals surface area contributed by atoms with Crippen molar-refractivity contribution in [3.63, 3.8) is 0 Å². The monoisotopic (exact) mass is 351 g/mol. The number of methoxy groups -OCH3 is 2. The van der Waals surface area contributed by atoms with Crippen LogP contribution >= 0.6 is 0 Å². The van der Waals surface area contributed by atoms with Gasteiger partial charge >= 0.3 is 5.97 Å². The molecule has 0 aromatic heterocycles. The fraction of sp³-hybridized carbons (Fsp3) is 0.238. The lowest BCUT2D eigenvalue weighted by atomic mass is 9.93. The molecule has 0 aliphatic carbocycles. The number of hydrogen-bond donors (Lipinski definition) is 0. The van der Waals surface area contributed by atoms with Gasteiger partial charge in [0, 0.05) is 12.6 Å². The minimum Gasteiger partial charge on any atom is -0.497 e. The number of rotatable bonds is 5. The molecular formula is C21H21NO4. The van der Waals surface area contributed by atoms with Gasteiger partial charge in [-0.3, -0.25) is 4.79 Å². The summed E-state index contributed by atoms with van der Waals surface area (Å²) in [6.45, 7) is 0. The fourth-order valence-corrected chi connectivity index (χ4v) is 3.20. The summed E-state index contributed by atoms with van der Waals surface area (Å²) in [5, 5.41) is 0. The molecule has 0 bridgehead atoms. The van der Waals surface area contributed by atoms with E-state index in [2.05, 4.69) is 0 Å². The maximum absolute atomic E-state index is 12.6. The van der Waals surface area contributed by atoms with E-state index in [1.165, 1.54) is 13.2 Å². The smallest absolute Gasteiger partial charge is 0.333 e. The van der Waals surface area contributed by atoms with Gasteiger partial charge in [0.15, 0.2) is 11.8 Å². The summed E-state index contributed by atoms with van der Waals surface area (Å²) < 4.78 is 10.3. The summed E-state index contributed by atoms with van der Waals surface area (Å²) in [4.78, 5) is 26.5. The molecule has 0 spiro atoms. The summed E-state index contributed by atoms with van der Waals surface area (Å²) >= 11 is 0. The van der Waals surface area contributed by atoms with E-state index in [1.54, 1.807) is 13.3 Å². The number of carbonyl (C=O) groups is 2. The summed E-state index contributed by atoms with van der Waals surface area (Å²) in [6, 6.07) is 16.1. The van der Waals surface area contributed by atoms with Crippen molar-refractivity contribution in [2.75, 3.05) is 14.2 Å². The molecule has 0 saturated heterocycles. The summed E-state index contributed by atoms with van der Waals surface area (Å²) in [7, 11) is 2.98. The molecule has 1 aliphatic rings. The average Bonchev–Trinajstić information content (AvgIpc) is 2.70. The van der Waals surface area contributed by atoms with E-state index in [9.17, 15) is 9.59 Å². The van der Waals surface area contributed by atoms with Crippen molar-refractivity contribution in [3.8, 4) is 5.75 Å². The van der Waals surface area contributed by atoms with Crippen molar-refractivity contribution in [1.82, 2.24) is 4.90 Å². The van der Waals surface area contributed by atoms with Gasteiger partial charge in [0.2, 0.25) is 0 Å². The highest BCUT2D eigenvalue weighted by molar-refractivity contribution is 5.91. The van der Waals surface area contributed by atoms with Crippen LogP contribution in [-0.4, -0.2) is 30.9 Å². The highest BCUT2D eigenvalue weighted by Crippen LogP contribution is 2.37. The van der Waals surface area contributed by atoms with E-state index in [0.29, 0.717) is 6.42 Å². The number of hydrogen-bond acceptors (Lipinski definition) is 5. The molecular weight excluding hydrogens is 330 g/mol. The second-order valence-electron chi connectivity index (χ2n) is 6.06. The number of carbonyl (C=O) groups excluding carboxylic acids is 2. The van der Waals surface area contributed by atoms with Crippen LogP contribution in [0, 0.1) is 0 Å². The van der Waals surface area contributed by atoms with Gasteiger partial charge in [-0.1, -0.05) is 42.5 Å². The Labute approximate surface area is 152 Å². The van der Waals surface area contributed by atoms with Gasteiger partial charge in [0.25, 0.3) is 0 Å². The molecule has 0 amide bonds. The van der Waals surface area contributed by atoms with E-state index in [4.69, 9.17) is 9.47 Å². The maximum atomic E-state index is 12.6. The number of benzene rings is 2. The van der Waals surface area contributed by atoms with E-state index in [-0.39, 0.29) is 17.8 Å². The number of ether oxygens (including phenoxy) is 2. The molecule has 0 radical (unpaired) electrons. The molecule has 0 saturated carbocycles. The topological polar surface area (TPSA) is 55.8 Å². The predicted molar refractivity (Wildman–Crippen MR) is 97.5 cm³/mol. The van der Waals surface area contributed by atoms with E-state index in [1.807, 2.05) is 59.5 Å². The standard InChI is InChI=1S/C21H21NO4/c1-25-18-10-8-15(9-11-18)19-14-17(23)12-13-22(19)20(21(24)26-2)16-6-4-3-5-7-16/h3-13,19-20H,14H2,1-2H3/t19-,20-/m0/s1. The second kappa shape index (κ2) is 7.87. The molecule has 134 valence electrons. The second-order valence-corrected chi connectivity index (χ2v) is 6.06. The van der Waals surface area contributed by atoms with Gasteiger partial charge in [-0.2, -0.15) is 0 Å². The molecule has 0 fully saturated rings. The third kappa shape index (κ3) is 3.61. The number of allylic oxidation sites excluding steroid dienone is 1. The van der Waals surface area contributed by atoms with Crippen molar-refractivity contribution < 1.29 is 19.1 Å². The summed E-state index contributed by atoms with van der Waals surface area (Å²) in [5.41, 5.74) is 1.75. The fourth-order valence-electron chi connectivity index (χ4n) is 3.20. The Balaban J connectivity index is 2.02. The zero-order valence-electron chi connectivity index (χ0n) is 14.8. The molecule has 1 heterocycles. The Morgan fingerprint density at radius 2 is 1.77 bits per heavy atom. The molecule has 0 N–H and O–H groups in total. The van der Waals surface area contributed by atoms with Crippen molar-refractivity contribution in [2.45, 2.75) is 18.5 Å². The highest BCUT2D eigenvalue weighted by atomic mass is 16.5. The van der Waals surface area contributed by atoms with Crippen LogP contribution in [0.1, 0.15) is 29.6 Å². The first-order chi connectivity index (χ1) is 12.6. The third-order valence-electron chi connectivity index (χ3n) is 4.53. The molecule has 3 rings (SSSR count). The largest absolute Gasteiger partial charge is 0.497 e. The Hall–Kier alpha value is -3.08. The van der Waals surface area contributed by atoms with Crippen LogP contribution in [-0.2, 0) is 14.3 Å². The molecule has 2 atom stereocenters. The molecule has 26 heavy (non-hydrogen) atoms. The normalized spacial score (nSPS) is 17.7. The predicted octanol–water partition coefficient (Wildman–Crippen LogP) is 3.44. The molecule has 2 aromatic rings. The third-order valence-corrected chi connectivity index (χ3v) is 4.53. The molecule has 5 heteroatoms. The number of ketones is 1. The summed E-state index contributed by atoms with van der Waals surface area (Å²) in [6.07, 6.45) is 3.50. The van der Waals surface area contributed by atoms with E-state index < -0.39 is 6.04 Å². The highest BCUT2D eigenvalue weighted by Gasteiger charge is 2.35. The summed E-state index contributed by atoms with van der Waals surface area (Å²) in [5.74, 6) is 0.401. The Bertz CT molecular complexity index is 799. The zero-order chi connectivity index (χ0) is 18.5. The van der Waals surface area contributed by atoms with Gasteiger partial charge in [-0.25, -0.2) is 4.79 Å². The molecule has 0 unspecified atom stereocenters. The van der Waals surface area contributed by atoms with Crippen LogP contribution in [0.4, 0.5) is 0 Å². The van der Waals surface area contributed by atoms with E-state index in [0.717, 1.165) is 16.9 Å². The average molecular weight is 351 g/mol. The van der Waals surface area contributed by atoms with Crippen molar-refractivity contribution >= 4 is 11.8 Å². The number of esters is 1. The SMILES string of the molecule is COC(=O)[C@H](c1ccccc1)N1C=CC(=O)C[C@H]1c1ccc(OC)cc1. The lowest BCUT2D eigenvalue weighted by molar-refractivity contribution is -0.147. The molecule has 1 aliphatic heterocycles.